The molecule has 1 aromatic heterocycles. The van der Waals surface area contributed by atoms with Gasteiger partial charge in [0.1, 0.15) is 0 Å². The molecular formula is C24H26N2O3. The Bertz CT molecular complexity index is 1080. The van der Waals surface area contributed by atoms with Gasteiger partial charge in [-0.05, 0) is 42.7 Å². The molecule has 5 nitrogen and oxygen atoms in total. The molecule has 29 heavy (non-hydrogen) atoms. The fraction of sp³-hybridized carbons (Fsp3) is 0.250. The van der Waals surface area contributed by atoms with E-state index in [0.29, 0.717) is 19.4 Å². The van der Waals surface area contributed by atoms with Crippen LogP contribution in [0.1, 0.15) is 24.5 Å². The highest BCUT2D eigenvalue weighted by Gasteiger charge is 2.14. The Morgan fingerprint density at radius 1 is 1.14 bits per heavy atom. The van der Waals surface area contributed by atoms with Gasteiger partial charge in [-0.1, -0.05) is 42.5 Å². The number of likely N-dealkylation sites (N-methyl/N-ethyl adjacent to an activating group) is 1. The van der Waals surface area contributed by atoms with Gasteiger partial charge < -0.3 is 14.6 Å². The number of fused-ring (bicyclic) bond motifs is 1. The molecule has 0 aliphatic carbocycles. The Morgan fingerprint density at radius 2 is 1.90 bits per heavy atom. The van der Waals surface area contributed by atoms with Crippen LogP contribution >= 0.6 is 0 Å². The smallest absolute Gasteiger partial charge is 0.251 e. The number of aliphatic hydroxyl groups excluding tert-OH is 1. The first kappa shape index (κ1) is 20.6. The zero-order valence-electron chi connectivity index (χ0n) is 16.8. The van der Waals surface area contributed by atoms with Crippen LogP contribution in [0, 0.1) is 0 Å². The van der Waals surface area contributed by atoms with E-state index in [9.17, 15) is 9.59 Å². The maximum Gasteiger partial charge on any atom is 0.251 e. The van der Waals surface area contributed by atoms with Crippen LogP contribution in [0.25, 0.3) is 17.0 Å². The molecule has 1 amide bonds. The Balaban J connectivity index is 2.01. The predicted molar refractivity (Wildman–Crippen MR) is 118 cm³/mol. The summed E-state index contributed by atoms with van der Waals surface area (Å²) >= 11 is 0. The lowest BCUT2D eigenvalue weighted by Crippen LogP contribution is -2.28. The number of benzene rings is 2. The number of pyridine rings is 1. The number of carbonyl (C=O) groups excluding carboxylic acids is 1. The summed E-state index contributed by atoms with van der Waals surface area (Å²) in [5.41, 5.74) is 3.30. The van der Waals surface area contributed by atoms with Crippen LogP contribution in [-0.4, -0.2) is 29.2 Å². The second-order valence-electron chi connectivity index (χ2n) is 6.91. The quantitative estimate of drug-likeness (QED) is 0.670. The SMILES string of the molecule is CCn1c(=O)cc(/C=C/CCO)c2cc(N(C)C(=O)Cc3ccccc3)ccc21. The van der Waals surface area contributed by atoms with E-state index in [1.807, 2.05) is 67.6 Å². The van der Waals surface area contributed by atoms with E-state index in [2.05, 4.69) is 0 Å². The zero-order chi connectivity index (χ0) is 20.8. The Morgan fingerprint density at radius 3 is 2.59 bits per heavy atom. The minimum Gasteiger partial charge on any atom is -0.396 e. The zero-order valence-corrected chi connectivity index (χ0v) is 16.8. The van der Waals surface area contributed by atoms with Crippen LogP contribution in [-0.2, 0) is 17.8 Å². The third-order valence-corrected chi connectivity index (χ3v) is 5.00. The van der Waals surface area contributed by atoms with E-state index in [-0.39, 0.29) is 18.1 Å². The molecule has 0 saturated heterocycles. The molecule has 0 aliphatic heterocycles. The van der Waals surface area contributed by atoms with E-state index < -0.39 is 0 Å². The van der Waals surface area contributed by atoms with Gasteiger partial charge in [0, 0.05) is 37.3 Å². The van der Waals surface area contributed by atoms with Crippen molar-refractivity contribution in [3.8, 4) is 0 Å². The lowest BCUT2D eigenvalue weighted by Gasteiger charge is -2.19. The molecule has 0 unspecified atom stereocenters. The van der Waals surface area contributed by atoms with Crippen molar-refractivity contribution in [2.75, 3.05) is 18.6 Å². The number of rotatable bonds is 7. The molecule has 3 aromatic rings. The molecule has 0 spiro atoms. The number of aryl methyl sites for hydroxylation is 1. The van der Waals surface area contributed by atoms with Crippen LogP contribution in [0.2, 0.25) is 0 Å². The summed E-state index contributed by atoms with van der Waals surface area (Å²) in [5.74, 6) is -0.00302. The minimum absolute atomic E-state index is 0.00302. The van der Waals surface area contributed by atoms with Crippen molar-refractivity contribution in [1.82, 2.24) is 4.57 Å². The normalized spacial score (nSPS) is 11.3. The molecule has 0 bridgehead atoms. The summed E-state index contributed by atoms with van der Waals surface area (Å²) in [6, 6.07) is 17.0. The number of anilines is 1. The maximum absolute atomic E-state index is 12.8. The highest BCUT2D eigenvalue weighted by molar-refractivity contribution is 5.98. The van der Waals surface area contributed by atoms with E-state index in [4.69, 9.17) is 5.11 Å². The summed E-state index contributed by atoms with van der Waals surface area (Å²) in [6.07, 6.45) is 4.55. The molecule has 0 saturated carbocycles. The lowest BCUT2D eigenvalue weighted by atomic mass is 10.1. The van der Waals surface area contributed by atoms with Gasteiger partial charge in [-0.3, -0.25) is 9.59 Å². The second kappa shape index (κ2) is 9.34. The van der Waals surface area contributed by atoms with Crippen LogP contribution in [0.15, 0.2) is 65.5 Å². The molecular weight excluding hydrogens is 364 g/mol. The van der Waals surface area contributed by atoms with Crippen molar-refractivity contribution >= 4 is 28.6 Å². The van der Waals surface area contributed by atoms with Crippen molar-refractivity contribution < 1.29 is 9.90 Å². The molecule has 3 rings (SSSR count). The first-order valence-electron chi connectivity index (χ1n) is 9.80. The van der Waals surface area contributed by atoms with Gasteiger partial charge in [-0.2, -0.15) is 0 Å². The van der Waals surface area contributed by atoms with Gasteiger partial charge in [0.25, 0.3) is 5.56 Å². The van der Waals surface area contributed by atoms with Crippen molar-refractivity contribution in [3.63, 3.8) is 0 Å². The number of hydrogen-bond donors (Lipinski definition) is 1. The number of aromatic nitrogens is 1. The van der Waals surface area contributed by atoms with Gasteiger partial charge in [0.2, 0.25) is 5.91 Å². The van der Waals surface area contributed by atoms with E-state index in [0.717, 1.165) is 27.7 Å². The second-order valence-corrected chi connectivity index (χ2v) is 6.91. The molecule has 0 fully saturated rings. The summed E-state index contributed by atoms with van der Waals surface area (Å²) < 4.78 is 1.72. The molecule has 1 heterocycles. The number of aliphatic hydroxyl groups is 1. The predicted octanol–water partition coefficient (Wildman–Crippen LogP) is 3.62. The monoisotopic (exact) mass is 390 g/mol. The van der Waals surface area contributed by atoms with Crippen LogP contribution in [0.5, 0.6) is 0 Å². The van der Waals surface area contributed by atoms with E-state index in [1.165, 1.54) is 0 Å². The third-order valence-electron chi connectivity index (χ3n) is 5.00. The molecule has 5 heteroatoms. The van der Waals surface area contributed by atoms with Crippen molar-refractivity contribution in [1.29, 1.82) is 0 Å². The fourth-order valence-electron chi connectivity index (χ4n) is 3.39. The number of nitrogens with zero attached hydrogens (tertiary/aromatic N) is 2. The molecule has 2 aromatic carbocycles. The largest absolute Gasteiger partial charge is 0.396 e. The molecule has 0 radical (unpaired) electrons. The fourth-order valence-corrected chi connectivity index (χ4v) is 3.39. The summed E-state index contributed by atoms with van der Waals surface area (Å²) in [6.45, 7) is 2.56. The summed E-state index contributed by atoms with van der Waals surface area (Å²) in [5, 5.41) is 9.93. The van der Waals surface area contributed by atoms with Crippen molar-refractivity contribution in [2.45, 2.75) is 26.3 Å². The molecule has 0 atom stereocenters. The summed E-state index contributed by atoms with van der Waals surface area (Å²) in [4.78, 5) is 26.9. The van der Waals surface area contributed by atoms with Crippen molar-refractivity contribution in [2.24, 2.45) is 0 Å². The molecule has 1 N–H and O–H groups in total. The standard InChI is InChI=1S/C24H26N2O3/c1-3-26-22-13-12-20(25(2)23(28)15-18-9-5-4-6-10-18)17-21(22)19(16-24(26)29)11-7-8-14-27/h4-7,9-13,16-17,27H,3,8,14-15H2,1-2H3/b11-7+. The van der Waals surface area contributed by atoms with Crippen LogP contribution < -0.4 is 10.5 Å². The van der Waals surface area contributed by atoms with Gasteiger partial charge in [0.05, 0.1) is 11.9 Å². The Labute approximate surface area is 170 Å². The van der Waals surface area contributed by atoms with Crippen LogP contribution in [0.3, 0.4) is 0 Å². The lowest BCUT2D eigenvalue weighted by molar-refractivity contribution is -0.117. The van der Waals surface area contributed by atoms with E-state index >= 15 is 0 Å². The Kier molecular flexibility index (Phi) is 6.62. The highest BCUT2D eigenvalue weighted by atomic mass is 16.2. The average Bonchev–Trinajstić information content (AvgIpc) is 2.74. The molecule has 0 aliphatic rings. The highest BCUT2D eigenvalue weighted by Crippen LogP contribution is 2.25. The van der Waals surface area contributed by atoms with Gasteiger partial charge >= 0.3 is 0 Å². The number of carbonyl (C=O) groups is 1. The number of amides is 1. The van der Waals surface area contributed by atoms with Gasteiger partial charge in [-0.25, -0.2) is 0 Å². The number of hydrogen-bond acceptors (Lipinski definition) is 3. The van der Waals surface area contributed by atoms with Gasteiger partial charge in [-0.15, -0.1) is 0 Å². The molecule has 150 valence electrons. The summed E-state index contributed by atoms with van der Waals surface area (Å²) in [7, 11) is 1.77. The van der Waals surface area contributed by atoms with E-state index in [1.54, 1.807) is 22.6 Å². The minimum atomic E-state index is -0.0649. The van der Waals surface area contributed by atoms with Gasteiger partial charge in [0.15, 0.2) is 0 Å². The third kappa shape index (κ3) is 4.63. The topological polar surface area (TPSA) is 62.5 Å². The Hall–Kier alpha value is -3.18. The van der Waals surface area contributed by atoms with Crippen LogP contribution in [0.4, 0.5) is 5.69 Å². The van der Waals surface area contributed by atoms with Crippen molar-refractivity contribution in [3.05, 3.63) is 82.2 Å². The first-order chi connectivity index (χ1) is 14.0. The first-order valence-corrected chi connectivity index (χ1v) is 9.80. The maximum atomic E-state index is 12.8. The average molecular weight is 390 g/mol.